The molecular weight excluding hydrogens is 707 g/mol. The first-order valence-electron chi connectivity index (χ1n) is 18.5. The summed E-state index contributed by atoms with van der Waals surface area (Å²) in [4.78, 5) is 12.2. The normalized spacial score (nSPS) is 12.0. The van der Waals surface area contributed by atoms with E-state index in [0.717, 1.165) is 43.6 Å². The first-order valence-corrected chi connectivity index (χ1v) is 20.1. The maximum Gasteiger partial charge on any atom is 0.236 e. The Morgan fingerprint density at radius 3 is 1.60 bits per heavy atom. The lowest BCUT2D eigenvalue weighted by Crippen LogP contribution is -2.03. The van der Waals surface area contributed by atoms with Gasteiger partial charge < -0.3 is 0 Å². The summed E-state index contributed by atoms with van der Waals surface area (Å²) in [7, 11) is 0. The lowest BCUT2D eigenvalue weighted by molar-refractivity contribution is 1.02. The van der Waals surface area contributed by atoms with Gasteiger partial charge in [0.1, 0.15) is 4.83 Å². The second-order valence-electron chi connectivity index (χ2n) is 14.1. The Labute approximate surface area is 324 Å². The van der Waals surface area contributed by atoms with Gasteiger partial charge in [-0.25, -0.2) is 9.97 Å². The molecule has 0 spiro atoms. The molecule has 256 valence electrons. The maximum absolute atomic E-state index is 5.70. The summed E-state index contributed by atoms with van der Waals surface area (Å²) in [5.74, 6) is 0.678. The minimum Gasteiger partial charge on any atom is -0.277 e. The van der Waals surface area contributed by atoms with E-state index in [1.807, 2.05) is 11.3 Å². The fourth-order valence-corrected chi connectivity index (χ4v) is 11.0. The zero-order valence-electron chi connectivity index (χ0n) is 29.4. The molecule has 12 aromatic rings. The summed E-state index contributed by atoms with van der Waals surface area (Å²) in [5.41, 5.74) is 8.89. The molecule has 0 amide bonds. The summed E-state index contributed by atoms with van der Waals surface area (Å²) in [6.45, 7) is 0. The molecule has 0 aliphatic heterocycles. The monoisotopic (exact) mass is 735 g/mol. The average molecular weight is 736 g/mol. The van der Waals surface area contributed by atoms with Crippen molar-refractivity contribution in [3.05, 3.63) is 176 Å². The van der Waals surface area contributed by atoms with Crippen molar-refractivity contribution in [2.45, 2.75) is 0 Å². The molecule has 0 aliphatic rings. The third kappa shape index (κ3) is 4.61. The Hall–Kier alpha value is -6.66. The van der Waals surface area contributed by atoms with Crippen LogP contribution < -0.4 is 0 Å². The van der Waals surface area contributed by atoms with Gasteiger partial charge in [-0.2, -0.15) is 0 Å². The smallest absolute Gasteiger partial charge is 0.236 e. The zero-order chi connectivity index (χ0) is 36.0. The van der Waals surface area contributed by atoms with E-state index in [-0.39, 0.29) is 0 Å². The second-order valence-corrected chi connectivity index (χ2v) is 16.2. The number of hydrogen-bond acceptors (Lipinski definition) is 4. The van der Waals surface area contributed by atoms with Gasteiger partial charge in [0, 0.05) is 57.4 Å². The number of para-hydroxylation sites is 1. The summed E-state index contributed by atoms with van der Waals surface area (Å²) in [6, 6.07) is 63.4. The Morgan fingerprint density at radius 1 is 0.382 bits per heavy atom. The van der Waals surface area contributed by atoms with Gasteiger partial charge in [0.15, 0.2) is 0 Å². The van der Waals surface area contributed by atoms with Crippen LogP contribution in [0.2, 0.25) is 0 Å². The Bertz CT molecular complexity index is 3430. The van der Waals surface area contributed by atoms with E-state index in [0.29, 0.717) is 5.95 Å². The highest BCUT2D eigenvalue weighted by molar-refractivity contribution is 7.27. The van der Waals surface area contributed by atoms with E-state index in [4.69, 9.17) is 9.97 Å². The van der Waals surface area contributed by atoms with Crippen molar-refractivity contribution in [2.75, 3.05) is 0 Å². The Morgan fingerprint density at radius 2 is 0.909 bits per heavy atom. The SMILES string of the molecule is c1ccc(-c2cc(-c3ccccc3)cc(-c3nc(-n4c5ccccc5c5c6sc7ccccc7c6c6ccccc6c54)nc4sc5ccccc5c34)c2)cc1. The van der Waals surface area contributed by atoms with Crippen LogP contribution in [0.5, 0.6) is 0 Å². The van der Waals surface area contributed by atoms with Gasteiger partial charge in [0.2, 0.25) is 5.95 Å². The van der Waals surface area contributed by atoms with E-state index in [1.54, 1.807) is 11.3 Å². The predicted octanol–water partition coefficient (Wildman–Crippen LogP) is 14.5. The molecule has 0 bridgehead atoms. The number of thiophene rings is 2. The van der Waals surface area contributed by atoms with Crippen molar-refractivity contribution in [1.82, 2.24) is 14.5 Å². The number of rotatable bonds is 4. The van der Waals surface area contributed by atoms with Crippen molar-refractivity contribution in [3.63, 3.8) is 0 Å². The van der Waals surface area contributed by atoms with Crippen LogP contribution >= 0.6 is 22.7 Å². The van der Waals surface area contributed by atoms with Gasteiger partial charge in [-0.1, -0.05) is 140 Å². The molecule has 0 aliphatic carbocycles. The molecule has 0 unspecified atom stereocenters. The largest absolute Gasteiger partial charge is 0.277 e. The van der Waals surface area contributed by atoms with Crippen LogP contribution in [0.4, 0.5) is 0 Å². The van der Waals surface area contributed by atoms with Gasteiger partial charge in [-0.15, -0.1) is 22.7 Å². The third-order valence-corrected chi connectivity index (χ3v) is 13.2. The van der Waals surface area contributed by atoms with Crippen LogP contribution in [0.15, 0.2) is 176 Å². The molecule has 12 rings (SSSR count). The van der Waals surface area contributed by atoms with Gasteiger partial charge in [-0.05, 0) is 64.0 Å². The fourth-order valence-electron chi connectivity index (χ4n) is 8.61. The topological polar surface area (TPSA) is 30.7 Å². The number of aromatic nitrogens is 3. The van der Waals surface area contributed by atoms with E-state index < -0.39 is 0 Å². The molecule has 0 saturated heterocycles. The highest BCUT2D eigenvalue weighted by Crippen LogP contribution is 2.48. The van der Waals surface area contributed by atoms with Crippen molar-refractivity contribution in [2.24, 2.45) is 0 Å². The number of nitrogens with zero attached hydrogens (tertiary/aromatic N) is 3. The minimum atomic E-state index is 0.678. The highest BCUT2D eigenvalue weighted by Gasteiger charge is 2.25. The van der Waals surface area contributed by atoms with Crippen molar-refractivity contribution in [1.29, 1.82) is 0 Å². The molecule has 4 aromatic heterocycles. The summed E-state index contributed by atoms with van der Waals surface area (Å²) in [5, 5.41) is 9.79. The number of fused-ring (bicyclic) bond motifs is 13. The van der Waals surface area contributed by atoms with Crippen LogP contribution in [0.3, 0.4) is 0 Å². The molecule has 0 saturated carbocycles. The lowest BCUT2D eigenvalue weighted by atomic mass is 9.94. The summed E-state index contributed by atoms with van der Waals surface area (Å²) < 4.78 is 6.14. The molecule has 8 aromatic carbocycles. The van der Waals surface area contributed by atoms with Gasteiger partial charge in [-0.3, -0.25) is 4.57 Å². The quantitative estimate of drug-likeness (QED) is 0.180. The van der Waals surface area contributed by atoms with Crippen molar-refractivity contribution < 1.29 is 0 Å². The van der Waals surface area contributed by atoms with Crippen LogP contribution in [-0.2, 0) is 0 Å². The van der Waals surface area contributed by atoms with Crippen LogP contribution in [0.1, 0.15) is 0 Å². The second kappa shape index (κ2) is 11.9. The highest BCUT2D eigenvalue weighted by atomic mass is 32.1. The predicted molar refractivity (Wildman–Crippen MR) is 236 cm³/mol. The van der Waals surface area contributed by atoms with Crippen molar-refractivity contribution >= 4 is 95.7 Å². The van der Waals surface area contributed by atoms with Crippen LogP contribution in [0.25, 0.3) is 113 Å². The zero-order valence-corrected chi connectivity index (χ0v) is 31.0. The fraction of sp³-hybridized carbons (Fsp3) is 0. The first kappa shape index (κ1) is 30.8. The van der Waals surface area contributed by atoms with E-state index in [9.17, 15) is 0 Å². The molecule has 0 atom stereocenters. The van der Waals surface area contributed by atoms with Gasteiger partial charge in [0.25, 0.3) is 0 Å². The first-order chi connectivity index (χ1) is 27.3. The molecule has 0 N–H and O–H groups in total. The Balaban J connectivity index is 1.24. The average Bonchev–Trinajstić information content (AvgIpc) is 3.94. The minimum absolute atomic E-state index is 0.678. The summed E-state index contributed by atoms with van der Waals surface area (Å²) in [6.07, 6.45) is 0. The van der Waals surface area contributed by atoms with Crippen LogP contribution in [0, 0.1) is 0 Å². The molecule has 0 radical (unpaired) electrons. The molecule has 55 heavy (non-hydrogen) atoms. The van der Waals surface area contributed by atoms with E-state index in [2.05, 4.69) is 180 Å². The lowest BCUT2D eigenvalue weighted by Gasteiger charge is -2.14. The molecule has 3 nitrogen and oxygen atoms in total. The van der Waals surface area contributed by atoms with Gasteiger partial charge >= 0.3 is 0 Å². The van der Waals surface area contributed by atoms with Gasteiger partial charge in [0.05, 0.1) is 16.7 Å². The molecule has 4 heterocycles. The number of hydrogen-bond donors (Lipinski definition) is 0. The summed E-state index contributed by atoms with van der Waals surface area (Å²) >= 11 is 3.62. The maximum atomic E-state index is 5.70. The standard InChI is InChI=1S/C50H29N3S2/c1-3-15-30(16-4-1)32-27-33(31-17-5-2-6-18-31)29-34(28-32)46-44-39-23-11-14-26-42(39)55-49(44)52-50(51-46)53-40-24-12-9-21-37(40)45-47(53)36-20-8-7-19-35(36)43-38-22-10-13-25-41(38)54-48(43)45/h1-29H. The van der Waals surface area contributed by atoms with Crippen LogP contribution in [-0.4, -0.2) is 14.5 Å². The third-order valence-electron chi connectivity index (χ3n) is 11.0. The Kier molecular flexibility index (Phi) is 6.67. The molecule has 5 heteroatoms. The van der Waals surface area contributed by atoms with Crippen molar-refractivity contribution in [3.8, 4) is 39.5 Å². The molecular formula is C50H29N3S2. The number of benzene rings is 8. The van der Waals surface area contributed by atoms with E-state index >= 15 is 0 Å². The van der Waals surface area contributed by atoms with E-state index in [1.165, 1.54) is 62.9 Å². The molecule has 0 fully saturated rings.